The first-order valence-electron chi connectivity index (χ1n) is 7.52. The molecule has 0 aliphatic rings. The molecule has 0 fully saturated rings. The quantitative estimate of drug-likeness (QED) is 0.353. The van der Waals surface area contributed by atoms with Gasteiger partial charge in [-0.25, -0.2) is 0 Å². The third-order valence-corrected chi connectivity index (χ3v) is 3.25. The number of hydrogen-bond donors (Lipinski definition) is 2. The van der Waals surface area contributed by atoms with Gasteiger partial charge in [0.2, 0.25) is 0 Å². The number of rotatable bonds is 6. The maximum absolute atomic E-state index is 5.48. The van der Waals surface area contributed by atoms with Gasteiger partial charge in [0, 0.05) is 23.0 Å². The number of methoxy groups -OCH3 is 4. The molecule has 0 heterocycles. The Hall–Kier alpha value is -0.155. The molecule has 0 amide bonds. The summed E-state index contributed by atoms with van der Waals surface area (Å²) >= 11 is 10.7. The standard InChI is InChI=1S/2C9H12NO2.2BrH.2Pd/c2*1-11-8-4-3-7(6-10)9(5-8)12-2;;;;/h2*3,5H,6,10H2,1-2H3;2*1H;;/q2*-1;;;2*+2/p-2. The first kappa shape index (κ1) is 30.0. The molecule has 0 aliphatic carbocycles. The van der Waals surface area contributed by atoms with Gasteiger partial charge in [-0.05, 0) is 13.1 Å². The second kappa shape index (κ2) is 20.1. The maximum atomic E-state index is 5.48. The van der Waals surface area contributed by atoms with Crippen molar-refractivity contribution < 1.29 is 53.3 Å². The van der Waals surface area contributed by atoms with E-state index >= 15 is 0 Å². The number of halogens is 2. The van der Waals surface area contributed by atoms with Gasteiger partial charge in [0.15, 0.2) is 0 Å². The summed E-state index contributed by atoms with van der Waals surface area (Å²) in [6, 6.07) is 12.9. The van der Waals surface area contributed by atoms with Gasteiger partial charge in [-0.15, -0.1) is 23.3 Å². The van der Waals surface area contributed by atoms with Gasteiger partial charge < -0.3 is 30.4 Å². The van der Waals surface area contributed by atoms with Crippen LogP contribution in [0.3, 0.4) is 0 Å². The topological polar surface area (TPSA) is 89.0 Å². The fraction of sp³-hybridized carbons (Fsp3) is 0.333. The molecule has 0 radical (unpaired) electrons. The predicted molar refractivity (Wildman–Crippen MR) is 110 cm³/mol. The molecule has 6 nitrogen and oxygen atoms in total. The monoisotopic (exact) mass is 702 g/mol. The van der Waals surface area contributed by atoms with Crippen LogP contribution in [0.5, 0.6) is 23.0 Å². The first-order valence-corrected chi connectivity index (χ1v) is 14.6. The molecule has 0 bridgehead atoms. The van der Waals surface area contributed by atoms with Crippen LogP contribution in [-0.2, 0) is 47.5 Å². The zero-order valence-electron chi connectivity index (χ0n) is 15.9. The van der Waals surface area contributed by atoms with E-state index in [0.29, 0.717) is 24.6 Å². The van der Waals surface area contributed by atoms with Crippen molar-refractivity contribution in [3.63, 3.8) is 0 Å². The molecule has 4 N–H and O–H groups in total. The van der Waals surface area contributed by atoms with E-state index in [4.69, 9.17) is 30.4 Å². The Balaban J connectivity index is 0. The zero-order chi connectivity index (χ0) is 21.9. The van der Waals surface area contributed by atoms with Crippen LogP contribution in [0.25, 0.3) is 0 Å². The van der Waals surface area contributed by atoms with E-state index in [0.717, 1.165) is 22.6 Å². The van der Waals surface area contributed by atoms with Crippen molar-refractivity contribution in [1.82, 2.24) is 0 Å². The molecular weight excluding hydrogens is 681 g/mol. The van der Waals surface area contributed by atoms with Gasteiger partial charge in [0.25, 0.3) is 0 Å². The second-order valence-corrected chi connectivity index (χ2v) is 4.60. The zero-order valence-corrected chi connectivity index (χ0v) is 22.2. The average Bonchev–Trinajstić information content (AvgIpc) is 2.80. The summed E-state index contributed by atoms with van der Waals surface area (Å²) in [7, 11) is 6.39. The van der Waals surface area contributed by atoms with Gasteiger partial charge in [0.05, 0.1) is 28.4 Å². The SMILES string of the molecule is COc1[c-]cc(CN)c(OC)c1.COc1[c-]cc(CN)c(OC)c1.[Br][Pd+].[Br][Pd+]. The second-order valence-electron chi connectivity index (χ2n) is 4.60. The molecule has 164 valence electrons. The fourth-order valence-electron chi connectivity index (χ4n) is 1.90. The molecule has 10 heteroatoms. The molecule has 0 aliphatic heterocycles. The summed E-state index contributed by atoms with van der Waals surface area (Å²) in [5.74, 6) is 2.80. The normalized spacial score (nSPS) is 8.71. The number of benzene rings is 2. The van der Waals surface area contributed by atoms with Gasteiger partial charge in [-0.1, -0.05) is 12.1 Å². The minimum atomic E-state index is 0.448. The third kappa shape index (κ3) is 11.1. The summed E-state index contributed by atoms with van der Waals surface area (Å²) in [4.78, 5) is 0. The van der Waals surface area contributed by atoms with Gasteiger partial charge in [-0.2, -0.15) is 12.1 Å². The van der Waals surface area contributed by atoms with E-state index in [9.17, 15) is 0 Å². The third-order valence-electron chi connectivity index (χ3n) is 3.25. The average molecular weight is 705 g/mol. The van der Waals surface area contributed by atoms with Crippen LogP contribution in [-0.4, -0.2) is 28.4 Å². The number of nitrogens with two attached hydrogens (primary N) is 2. The van der Waals surface area contributed by atoms with E-state index in [-0.39, 0.29) is 0 Å². The van der Waals surface area contributed by atoms with E-state index < -0.39 is 0 Å². The van der Waals surface area contributed by atoms with Gasteiger partial charge >= 0.3 is 61.2 Å². The first-order chi connectivity index (χ1) is 13.6. The molecule has 28 heavy (non-hydrogen) atoms. The summed E-state index contributed by atoms with van der Waals surface area (Å²) in [5, 5.41) is 0. The Morgan fingerprint density at radius 1 is 0.714 bits per heavy atom. The molecule has 2 aromatic carbocycles. The van der Waals surface area contributed by atoms with Crippen LogP contribution in [0.4, 0.5) is 0 Å². The molecule has 2 rings (SSSR count). The van der Waals surface area contributed by atoms with Crippen LogP contribution in [0.2, 0.25) is 0 Å². The molecule has 0 spiro atoms. The molecular formula is C18H24Br2N2O4Pd2. The Kier molecular flexibility index (Phi) is 21.6. The Bertz CT molecular complexity index is 597. The van der Waals surface area contributed by atoms with Gasteiger partial charge in [-0.3, -0.25) is 0 Å². The molecule has 0 saturated heterocycles. The van der Waals surface area contributed by atoms with Crippen molar-refractivity contribution in [1.29, 1.82) is 0 Å². The van der Waals surface area contributed by atoms with Crippen molar-refractivity contribution in [3.8, 4) is 23.0 Å². The number of ether oxygens (including phenoxy) is 4. The Morgan fingerprint density at radius 3 is 1.25 bits per heavy atom. The molecule has 2 aromatic rings. The molecule has 0 aromatic heterocycles. The van der Waals surface area contributed by atoms with Crippen LogP contribution < -0.4 is 30.4 Å². The van der Waals surface area contributed by atoms with Crippen molar-refractivity contribution in [3.05, 3.63) is 47.5 Å². The van der Waals surface area contributed by atoms with Gasteiger partial charge in [0.1, 0.15) is 0 Å². The number of hydrogen-bond acceptors (Lipinski definition) is 6. The van der Waals surface area contributed by atoms with Crippen LogP contribution in [0.15, 0.2) is 24.3 Å². The minimum absolute atomic E-state index is 0.448. The van der Waals surface area contributed by atoms with Crippen LogP contribution in [0.1, 0.15) is 11.1 Å². The van der Waals surface area contributed by atoms with E-state index in [2.05, 4.69) is 73.4 Å². The van der Waals surface area contributed by atoms with E-state index in [1.165, 1.54) is 0 Å². The molecule has 0 atom stereocenters. The summed E-state index contributed by atoms with van der Waals surface area (Å²) in [6.07, 6.45) is 0. The Morgan fingerprint density at radius 2 is 1.04 bits per heavy atom. The van der Waals surface area contributed by atoms with E-state index in [1.807, 2.05) is 0 Å². The summed E-state index contributed by atoms with van der Waals surface area (Å²) in [6.45, 7) is 0.896. The van der Waals surface area contributed by atoms with Crippen molar-refractivity contribution in [2.45, 2.75) is 13.1 Å². The van der Waals surface area contributed by atoms with Crippen molar-refractivity contribution in [2.24, 2.45) is 11.5 Å². The van der Waals surface area contributed by atoms with Crippen molar-refractivity contribution >= 4 is 26.9 Å². The van der Waals surface area contributed by atoms with Crippen LogP contribution in [0, 0.1) is 12.1 Å². The van der Waals surface area contributed by atoms with Crippen molar-refractivity contribution in [2.75, 3.05) is 28.4 Å². The Labute approximate surface area is 202 Å². The van der Waals surface area contributed by atoms with E-state index in [1.54, 1.807) is 52.7 Å². The summed E-state index contributed by atoms with van der Waals surface area (Å²) < 4.78 is 20.2. The fourth-order valence-corrected chi connectivity index (χ4v) is 1.90. The molecule has 0 unspecified atom stereocenters. The summed E-state index contributed by atoms with van der Waals surface area (Å²) in [5.41, 5.74) is 12.8. The molecule has 0 saturated carbocycles. The predicted octanol–water partition coefficient (Wildman–Crippen LogP) is 3.61. The van der Waals surface area contributed by atoms with Crippen LogP contribution >= 0.6 is 26.9 Å².